The first kappa shape index (κ1) is 32.0. The first-order valence-corrected chi connectivity index (χ1v) is 14.1. The number of hydrogen-bond donors (Lipinski definition) is 1. The van der Waals surface area contributed by atoms with Crippen LogP contribution < -0.4 is 15.5 Å². The lowest BCUT2D eigenvalue weighted by Crippen LogP contribution is -2.48. The van der Waals surface area contributed by atoms with Gasteiger partial charge >= 0.3 is 11.9 Å². The molecule has 2 aliphatic rings. The molecule has 4 heterocycles. The maximum Gasteiger partial charge on any atom is 0.324 e. The van der Waals surface area contributed by atoms with Crippen molar-refractivity contribution in [2.75, 3.05) is 42.5 Å². The summed E-state index contributed by atoms with van der Waals surface area (Å²) in [7, 11) is 0. The second-order valence-corrected chi connectivity index (χ2v) is 10.8. The quantitative estimate of drug-likeness (QED) is 0.282. The SMILES string of the molecule is C=C/C(F)=C(F)\C=C(\F)C[C@H]1CN(c2ncc(C(=O)N(CCC)C3CCN(c4nc(C(C)(F)F)no4)CC3)cn2)C[C@@H]1N. The highest BCUT2D eigenvalue weighted by Crippen LogP contribution is 2.29. The van der Waals surface area contributed by atoms with Crippen LogP contribution in [0.2, 0.25) is 0 Å². The van der Waals surface area contributed by atoms with Crippen LogP contribution in [0, 0.1) is 5.92 Å². The Kier molecular flexibility index (Phi) is 10.1. The number of alkyl halides is 2. The van der Waals surface area contributed by atoms with E-state index >= 15 is 0 Å². The Morgan fingerprint density at radius 1 is 1.16 bits per heavy atom. The first-order chi connectivity index (χ1) is 20.4. The van der Waals surface area contributed by atoms with Gasteiger partial charge in [-0.25, -0.2) is 23.1 Å². The molecule has 4 rings (SSSR count). The molecule has 2 aromatic rings. The standard InChI is InChI=1S/C28H35F5N8O2/c1-4-8-41(20-6-9-39(10-7-20)27-37-25(38-43-27)28(3,32)33)24(42)18-13-35-26(36-14-18)40-15-17(23(34)16-40)11-19(29)12-22(31)21(30)5-2/h5,12-14,17,20,23H,2,4,6-11,15-16,34H2,1,3H3/b19-12+,22-21-/t17-,23-/m0/s1. The lowest BCUT2D eigenvalue weighted by Gasteiger charge is -2.37. The number of amides is 1. The molecule has 2 fully saturated rings. The largest absolute Gasteiger partial charge is 0.339 e. The molecule has 2 aromatic heterocycles. The molecule has 0 radical (unpaired) electrons. The second-order valence-electron chi connectivity index (χ2n) is 10.8. The number of piperidine rings is 1. The molecule has 0 unspecified atom stereocenters. The van der Waals surface area contributed by atoms with Crippen molar-refractivity contribution in [2.45, 2.75) is 57.5 Å². The molecule has 0 saturated carbocycles. The summed E-state index contributed by atoms with van der Waals surface area (Å²) in [6.07, 6.45) is 5.70. The summed E-state index contributed by atoms with van der Waals surface area (Å²) >= 11 is 0. The molecule has 2 N–H and O–H groups in total. The maximum absolute atomic E-state index is 14.3. The van der Waals surface area contributed by atoms with Crippen molar-refractivity contribution >= 4 is 17.9 Å². The van der Waals surface area contributed by atoms with E-state index < -0.39 is 35.3 Å². The number of anilines is 2. The van der Waals surface area contributed by atoms with Gasteiger partial charge in [-0.3, -0.25) is 4.79 Å². The Hall–Kier alpha value is -3.88. The Bertz CT molecular complexity index is 1340. The summed E-state index contributed by atoms with van der Waals surface area (Å²) in [6.45, 7) is 7.79. The van der Waals surface area contributed by atoms with Crippen molar-refractivity contribution in [3.63, 3.8) is 0 Å². The van der Waals surface area contributed by atoms with Crippen LogP contribution in [0.25, 0.3) is 0 Å². The molecule has 15 heteroatoms. The molecule has 2 aliphatic heterocycles. The van der Waals surface area contributed by atoms with Crippen LogP contribution in [0.3, 0.4) is 0 Å². The minimum absolute atomic E-state index is 0.0283. The van der Waals surface area contributed by atoms with Gasteiger partial charge in [0.1, 0.15) is 5.83 Å². The van der Waals surface area contributed by atoms with Crippen LogP contribution in [0.5, 0.6) is 0 Å². The Labute approximate surface area is 246 Å². The van der Waals surface area contributed by atoms with Crippen LogP contribution in [0.15, 0.2) is 53.1 Å². The molecule has 0 aliphatic carbocycles. The number of hydrogen-bond acceptors (Lipinski definition) is 9. The molecule has 0 aromatic carbocycles. The van der Waals surface area contributed by atoms with Gasteiger partial charge in [0.15, 0.2) is 11.7 Å². The van der Waals surface area contributed by atoms with Crippen molar-refractivity contribution in [3.8, 4) is 0 Å². The van der Waals surface area contributed by atoms with Gasteiger partial charge in [-0.15, -0.1) is 0 Å². The minimum atomic E-state index is -3.20. The number of rotatable bonds is 11. The van der Waals surface area contributed by atoms with E-state index in [0.717, 1.165) is 6.42 Å². The summed E-state index contributed by atoms with van der Waals surface area (Å²) in [5.41, 5.74) is 6.47. The predicted octanol–water partition coefficient (Wildman–Crippen LogP) is 4.84. The van der Waals surface area contributed by atoms with E-state index in [1.165, 1.54) is 12.4 Å². The number of nitrogens with zero attached hydrogens (tertiary/aromatic N) is 7. The second kappa shape index (κ2) is 13.6. The molecule has 0 spiro atoms. The molecule has 234 valence electrons. The summed E-state index contributed by atoms with van der Waals surface area (Å²) in [4.78, 5) is 31.2. The zero-order valence-corrected chi connectivity index (χ0v) is 24.0. The maximum atomic E-state index is 14.3. The third-order valence-electron chi connectivity index (χ3n) is 7.52. The average molecular weight is 611 g/mol. The lowest BCUT2D eigenvalue weighted by molar-refractivity contribution is 0.00558. The number of halogens is 5. The van der Waals surface area contributed by atoms with Crippen LogP contribution in [0.1, 0.15) is 55.7 Å². The third kappa shape index (κ3) is 7.75. The number of nitrogens with two attached hydrogens (primary N) is 1. The summed E-state index contributed by atoms with van der Waals surface area (Å²) in [5, 5.41) is 3.37. The van der Waals surface area contributed by atoms with Gasteiger partial charge in [0.25, 0.3) is 5.91 Å². The molecule has 10 nitrogen and oxygen atoms in total. The van der Waals surface area contributed by atoms with Gasteiger partial charge in [0, 0.05) is 76.6 Å². The van der Waals surface area contributed by atoms with Crippen LogP contribution in [-0.4, -0.2) is 75.7 Å². The van der Waals surface area contributed by atoms with Gasteiger partial charge in [-0.1, -0.05) is 18.7 Å². The smallest absolute Gasteiger partial charge is 0.324 e. The fraction of sp³-hybridized carbons (Fsp3) is 0.536. The van der Waals surface area contributed by atoms with Gasteiger partial charge in [0.2, 0.25) is 11.8 Å². The normalized spacial score (nSPS) is 20.8. The van der Waals surface area contributed by atoms with Gasteiger partial charge in [0.05, 0.1) is 5.56 Å². The molecule has 2 saturated heterocycles. The summed E-state index contributed by atoms with van der Waals surface area (Å²) < 4.78 is 73.1. The van der Waals surface area contributed by atoms with Crippen molar-refractivity contribution in [1.82, 2.24) is 25.0 Å². The number of carbonyl (C=O) groups is 1. The van der Waals surface area contributed by atoms with Gasteiger partial charge in [-0.2, -0.15) is 13.8 Å². The van der Waals surface area contributed by atoms with Crippen molar-refractivity contribution in [1.29, 1.82) is 0 Å². The fourth-order valence-corrected chi connectivity index (χ4v) is 5.23. The topological polar surface area (TPSA) is 118 Å². The Morgan fingerprint density at radius 3 is 2.42 bits per heavy atom. The van der Waals surface area contributed by atoms with E-state index in [1.807, 2.05) is 6.92 Å². The van der Waals surface area contributed by atoms with E-state index in [9.17, 15) is 26.7 Å². The predicted molar refractivity (Wildman–Crippen MR) is 149 cm³/mol. The van der Waals surface area contributed by atoms with E-state index in [4.69, 9.17) is 10.3 Å². The van der Waals surface area contributed by atoms with Crippen molar-refractivity contribution in [2.24, 2.45) is 11.7 Å². The number of carbonyl (C=O) groups excluding carboxylic acids is 1. The Balaban J connectivity index is 1.36. The molecular weight excluding hydrogens is 575 g/mol. The van der Waals surface area contributed by atoms with E-state index in [2.05, 4.69) is 26.7 Å². The van der Waals surface area contributed by atoms with Gasteiger partial charge < -0.3 is 25.0 Å². The molecule has 1 amide bonds. The highest BCUT2D eigenvalue weighted by Gasteiger charge is 2.35. The molecule has 43 heavy (non-hydrogen) atoms. The summed E-state index contributed by atoms with van der Waals surface area (Å²) in [5.74, 6) is -7.61. The highest BCUT2D eigenvalue weighted by molar-refractivity contribution is 5.94. The summed E-state index contributed by atoms with van der Waals surface area (Å²) in [6, 6.07) is -0.526. The Morgan fingerprint density at radius 2 is 1.84 bits per heavy atom. The zero-order chi connectivity index (χ0) is 31.3. The van der Waals surface area contributed by atoms with Crippen LogP contribution in [-0.2, 0) is 5.92 Å². The van der Waals surface area contributed by atoms with E-state index in [0.29, 0.717) is 76.2 Å². The minimum Gasteiger partial charge on any atom is -0.339 e. The third-order valence-corrected chi connectivity index (χ3v) is 7.52. The molecular formula is C28H35F5N8O2. The first-order valence-electron chi connectivity index (χ1n) is 14.1. The van der Waals surface area contributed by atoms with Crippen LogP contribution >= 0.6 is 0 Å². The number of aromatic nitrogens is 4. The zero-order valence-electron chi connectivity index (χ0n) is 24.0. The highest BCUT2D eigenvalue weighted by atomic mass is 19.3. The average Bonchev–Trinajstić information content (AvgIpc) is 3.63. The van der Waals surface area contributed by atoms with E-state index in [1.54, 1.807) is 14.7 Å². The monoisotopic (exact) mass is 610 g/mol. The van der Waals surface area contributed by atoms with Gasteiger partial charge in [-0.05, 0) is 31.3 Å². The molecule has 2 atom stereocenters. The van der Waals surface area contributed by atoms with E-state index in [-0.39, 0.29) is 30.3 Å². The van der Waals surface area contributed by atoms with Crippen molar-refractivity contribution in [3.05, 3.63) is 60.0 Å². The molecule has 0 bridgehead atoms. The lowest BCUT2D eigenvalue weighted by atomic mass is 9.99. The van der Waals surface area contributed by atoms with Crippen LogP contribution in [0.4, 0.5) is 33.9 Å². The fourth-order valence-electron chi connectivity index (χ4n) is 5.23. The number of allylic oxidation sites excluding steroid dienone is 5. The van der Waals surface area contributed by atoms with Crippen molar-refractivity contribution < 1.29 is 31.3 Å².